The molecular weight excluding hydrogens is 392 g/mol. The molecule has 1 aromatic heterocycles. The third-order valence-corrected chi connectivity index (χ3v) is 5.72. The second-order valence-electron chi connectivity index (χ2n) is 6.80. The molecular formula is C21H22N2O5S. The average Bonchev–Trinajstić information content (AvgIpc) is 3.09. The van der Waals surface area contributed by atoms with Crippen molar-refractivity contribution < 1.29 is 22.7 Å². The fourth-order valence-corrected chi connectivity index (χ4v) is 4.03. The number of nitrogens with zero attached hydrogens (tertiary/aromatic N) is 1. The number of fused-ring (bicyclic) bond motifs is 1. The second-order valence-corrected chi connectivity index (χ2v) is 8.71. The first-order valence-electron chi connectivity index (χ1n) is 9.01. The van der Waals surface area contributed by atoms with Gasteiger partial charge in [-0.1, -0.05) is 36.4 Å². The van der Waals surface area contributed by atoms with E-state index in [1.54, 1.807) is 43.5 Å². The number of carbonyl (C=O) groups excluding carboxylic acids is 2. The van der Waals surface area contributed by atoms with Gasteiger partial charge in [0, 0.05) is 22.7 Å². The van der Waals surface area contributed by atoms with Crippen molar-refractivity contribution in [2.75, 3.05) is 17.1 Å². The first-order chi connectivity index (χ1) is 13.7. The number of aromatic nitrogens is 1. The maximum atomic E-state index is 12.7. The third-order valence-electron chi connectivity index (χ3n) is 4.59. The van der Waals surface area contributed by atoms with Crippen molar-refractivity contribution in [2.45, 2.75) is 20.0 Å². The quantitative estimate of drug-likeness (QED) is 0.473. The lowest BCUT2D eigenvalue weighted by atomic mass is 10.1. The van der Waals surface area contributed by atoms with Crippen molar-refractivity contribution in [3.63, 3.8) is 0 Å². The maximum absolute atomic E-state index is 12.7. The largest absolute Gasteiger partial charge is 0.453 e. The van der Waals surface area contributed by atoms with Gasteiger partial charge in [-0.15, -0.1) is 0 Å². The van der Waals surface area contributed by atoms with Crippen LogP contribution in [-0.2, 0) is 19.6 Å². The standard InChI is InChI=1S/C21H22N2O5S/c1-14-8-4-7-11-19(14)23(29(3,26)27)13-20(24)28-15(2)21(25)17-12-22-18-10-6-5-9-16(17)18/h4-12,15,22H,13H2,1-3H3/t15-/m0/s1. The number of sulfonamides is 1. The molecule has 0 bridgehead atoms. The van der Waals surface area contributed by atoms with Crippen molar-refractivity contribution in [3.8, 4) is 0 Å². The van der Waals surface area contributed by atoms with E-state index in [2.05, 4.69) is 4.98 Å². The summed E-state index contributed by atoms with van der Waals surface area (Å²) in [6, 6.07) is 14.1. The van der Waals surface area contributed by atoms with Gasteiger partial charge in [0.2, 0.25) is 15.8 Å². The molecule has 2 aromatic carbocycles. The van der Waals surface area contributed by atoms with Crippen LogP contribution in [0.1, 0.15) is 22.8 Å². The average molecular weight is 414 g/mol. The SMILES string of the molecule is Cc1ccccc1N(CC(=O)O[C@@H](C)C(=O)c1c[nH]c2ccccc12)S(C)(=O)=O. The van der Waals surface area contributed by atoms with Gasteiger partial charge in [-0.2, -0.15) is 0 Å². The number of carbonyl (C=O) groups is 2. The van der Waals surface area contributed by atoms with Crippen LogP contribution in [0.4, 0.5) is 5.69 Å². The molecule has 0 unspecified atom stereocenters. The highest BCUT2D eigenvalue weighted by Gasteiger charge is 2.26. The van der Waals surface area contributed by atoms with Crippen molar-refractivity contribution in [3.05, 3.63) is 65.9 Å². The topological polar surface area (TPSA) is 96.5 Å². The molecule has 0 aliphatic carbocycles. The number of ether oxygens (including phenoxy) is 1. The number of aryl methyl sites for hydroxylation is 1. The summed E-state index contributed by atoms with van der Waals surface area (Å²) < 4.78 is 30.7. The zero-order valence-corrected chi connectivity index (χ0v) is 17.2. The lowest BCUT2D eigenvalue weighted by molar-refractivity contribution is -0.144. The van der Waals surface area contributed by atoms with Gasteiger partial charge in [0.1, 0.15) is 6.54 Å². The van der Waals surface area contributed by atoms with Crippen LogP contribution in [-0.4, -0.2) is 44.1 Å². The number of para-hydroxylation sites is 2. The van der Waals surface area contributed by atoms with Crippen molar-refractivity contribution in [1.29, 1.82) is 0 Å². The van der Waals surface area contributed by atoms with Gasteiger partial charge < -0.3 is 9.72 Å². The summed E-state index contributed by atoms with van der Waals surface area (Å²) in [6.45, 7) is 2.71. The number of rotatable bonds is 7. The van der Waals surface area contributed by atoms with Crippen LogP contribution < -0.4 is 4.31 Å². The van der Waals surface area contributed by atoms with Crippen LogP contribution in [0.2, 0.25) is 0 Å². The first-order valence-corrected chi connectivity index (χ1v) is 10.9. The van der Waals surface area contributed by atoms with Crippen LogP contribution in [0, 0.1) is 6.92 Å². The summed E-state index contributed by atoms with van der Waals surface area (Å²) in [5.41, 5.74) is 2.31. The van der Waals surface area contributed by atoms with E-state index < -0.39 is 28.6 Å². The highest BCUT2D eigenvalue weighted by molar-refractivity contribution is 7.92. The van der Waals surface area contributed by atoms with E-state index in [1.807, 2.05) is 18.2 Å². The summed E-state index contributed by atoms with van der Waals surface area (Å²) >= 11 is 0. The lowest BCUT2D eigenvalue weighted by Gasteiger charge is -2.23. The van der Waals surface area contributed by atoms with E-state index in [0.717, 1.165) is 21.5 Å². The molecule has 152 valence electrons. The normalized spacial score (nSPS) is 12.5. The highest BCUT2D eigenvalue weighted by atomic mass is 32.2. The van der Waals surface area contributed by atoms with Crippen molar-refractivity contribution >= 4 is 38.4 Å². The van der Waals surface area contributed by atoms with Gasteiger partial charge in [-0.05, 0) is 31.5 Å². The second kappa shape index (κ2) is 8.08. The zero-order chi connectivity index (χ0) is 21.2. The highest BCUT2D eigenvalue weighted by Crippen LogP contribution is 2.23. The van der Waals surface area contributed by atoms with Crippen LogP contribution in [0.3, 0.4) is 0 Å². The van der Waals surface area contributed by atoms with Crippen LogP contribution in [0.15, 0.2) is 54.7 Å². The van der Waals surface area contributed by atoms with E-state index in [9.17, 15) is 18.0 Å². The van der Waals surface area contributed by atoms with Gasteiger partial charge in [-0.25, -0.2) is 8.42 Å². The number of hydrogen-bond acceptors (Lipinski definition) is 5. The van der Waals surface area contributed by atoms with Gasteiger partial charge in [0.25, 0.3) is 0 Å². The number of H-pyrrole nitrogens is 1. The Morgan fingerprint density at radius 2 is 1.76 bits per heavy atom. The van der Waals surface area contributed by atoms with Crippen LogP contribution in [0.25, 0.3) is 10.9 Å². The third kappa shape index (κ3) is 4.48. The number of nitrogens with one attached hydrogen (secondary N) is 1. The van der Waals surface area contributed by atoms with Gasteiger partial charge in [0.05, 0.1) is 11.9 Å². The molecule has 3 aromatic rings. The molecule has 29 heavy (non-hydrogen) atoms. The number of Topliss-reactive ketones (excluding diaryl/α,β-unsaturated/α-hetero) is 1. The molecule has 8 heteroatoms. The predicted molar refractivity (Wildman–Crippen MR) is 112 cm³/mol. The minimum Gasteiger partial charge on any atom is -0.453 e. The summed E-state index contributed by atoms with van der Waals surface area (Å²) in [6.07, 6.45) is 1.54. The Morgan fingerprint density at radius 1 is 1.10 bits per heavy atom. The molecule has 0 spiro atoms. The number of aromatic amines is 1. The van der Waals surface area contributed by atoms with E-state index in [1.165, 1.54) is 6.92 Å². The maximum Gasteiger partial charge on any atom is 0.327 e. The van der Waals surface area contributed by atoms with E-state index in [-0.39, 0.29) is 5.78 Å². The summed E-state index contributed by atoms with van der Waals surface area (Å²) in [7, 11) is -3.72. The predicted octanol–water partition coefficient (Wildman–Crippen LogP) is 3.06. The lowest BCUT2D eigenvalue weighted by Crippen LogP contribution is -2.38. The smallest absolute Gasteiger partial charge is 0.327 e. The van der Waals surface area contributed by atoms with Gasteiger partial charge in [0.15, 0.2) is 6.10 Å². The number of esters is 1. The molecule has 1 N–H and O–H groups in total. The molecule has 0 fully saturated rings. The Hall–Kier alpha value is -3.13. The number of benzene rings is 2. The fraction of sp³-hybridized carbons (Fsp3) is 0.238. The summed E-state index contributed by atoms with van der Waals surface area (Å²) in [4.78, 5) is 28.2. The van der Waals surface area contributed by atoms with Gasteiger partial charge in [-0.3, -0.25) is 13.9 Å². The first kappa shape index (κ1) is 20.6. The molecule has 0 amide bonds. The molecule has 1 heterocycles. The summed E-state index contributed by atoms with van der Waals surface area (Å²) in [5.74, 6) is -1.17. The molecule has 0 radical (unpaired) electrons. The Morgan fingerprint density at radius 3 is 2.45 bits per heavy atom. The Bertz CT molecular complexity index is 1170. The van der Waals surface area contributed by atoms with E-state index in [0.29, 0.717) is 16.8 Å². The number of anilines is 1. The number of hydrogen-bond donors (Lipinski definition) is 1. The zero-order valence-electron chi connectivity index (χ0n) is 16.4. The van der Waals surface area contributed by atoms with E-state index >= 15 is 0 Å². The van der Waals surface area contributed by atoms with Crippen molar-refractivity contribution in [2.24, 2.45) is 0 Å². The Balaban J connectivity index is 1.76. The Kier molecular flexibility index (Phi) is 5.74. The van der Waals surface area contributed by atoms with Crippen LogP contribution in [0.5, 0.6) is 0 Å². The number of ketones is 1. The molecule has 3 rings (SSSR count). The molecule has 7 nitrogen and oxygen atoms in total. The van der Waals surface area contributed by atoms with E-state index in [4.69, 9.17) is 4.74 Å². The van der Waals surface area contributed by atoms with Crippen molar-refractivity contribution in [1.82, 2.24) is 4.98 Å². The fourth-order valence-electron chi connectivity index (χ4n) is 3.12. The summed E-state index contributed by atoms with van der Waals surface area (Å²) in [5, 5.41) is 0.734. The minimum atomic E-state index is -3.72. The van der Waals surface area contributed by atoms with Gasteiger partial charge >= 0.3 is 5.97 Å². The molecule has 0 aliphatic heterocycles. The minimum absolute atomic E-state index is 0.363. The molecule has 0 saturated carbocycles. The molecule has 0 saturated heterocycles. The Labute approximate surface area is 169 Å². The molecule has 0 aliphatic rings. The monoisotopic (exact) mass is 414 g/mol. The van der Waals surface area contributed by atoms with Crippen LogP contribution >= 0.6 is 0 Å². The molecule has 1 atom stereocenters.